The minimum absolute atomic E-state index is 0.0447. The van der Waals surface area contributed by atoms with E-state index in [1.165, 1.54) is 5.56 Å². The molecule has 1 aromatic carbocycles. The van der Waals surface area contributed by atoms with E-state index in [1.807, 2.05) is 23.7 Å². The highest BCUT2D eigenvalue weighted by atomic mass is 16.3. The Morgan fingerprint density at radius 3 is 2.66 bits per heavy atom. The summed E-state index contributed by atoms with van der Waals surface area (Å²) < 4.78 is 7.44. The third-order valence-electron chi connectivity index (χ3n) is 5.89. The van der Waals surface area contributed by atoms with E-state index in [-0.39, 0.29) is 17.7 Å². The lowest BCUT2D eigenvalue weighted by Gasteiger charge is -2.34. The van der Waals surface area contributed by atoms with E-state index in [1.54, 1.807) is 6.26 Å². The standard InChI is InChI=1S/C23H24N4O2/c1-13(2)15-6-8-16(9-7-15)22-21-18(25-23-24-14(3)26-27(22)23)11-17(12-19(21)28)20-5-4-10-29-20/h4-10,13,17,22H,11-12H2,1-3H3,(H,24,25,26)/t17-,22+/m1/s1. The molecule has 29 heavy (non-hydrogen) atoms. The average molecular weight is 388 g/mol. The fraction of sp³-hybridized carbons (Fsp3) is 0.348. The summed E-state index contributed by atoms with van der Waals surface area (Å²) in [6, 6.07) is 12.1. The molecule has 2 atom stereocenters. The summed E-state index contributed by atoms with van der Waals surface area (Å²) in [6.45, 7) is 6.23. The third kappa shape index (κ3) is 2.99. The fourth-order valence-electron chi connectivity index (χ4n) is 4.41. The van der Waals surface area contributed by atoms with Gasteiger partial charge in [-0.2, -0.15) is 10.1 Å². The number of carbonyl (C=O) groups excluding carboxylic acids is 1. The predicted molar refractivity (Wildman–Crippen MR) is 110 cm³/mol. The number of nitrogens with one attached hydrogen (secondary N) is 1. The molecular formula is C23H24N4O2. The summed E-state index contributed by atoms with van der Waals surface area (Å²) in [4.78, 5) is 17.9. The number of anilines is 1. The molecule has 0 fully saturated rings. The summed E-state index contributed by atoms with van der Waals surface area (Å²) >= 11 is 0. The van der Waals surface area contributed by atoms with E-state index in [0.29, 0.717) is 24.1 Å². The molecule has 0 amide bonds. The Balaban J connectivity index is 1.60. The van der Waals surface area contributed by atoms with Crippen molar-refractivity contribution in [1.29, 1.82) is 0 Å². The Bertz CT molecular complexity index is 1090. The van der Waals surface area contributed by atoms with Crippen LogP contribution in [0.3, 0.4) is 0 Å². The number of ketones is 1. The van der Waals surface area contributed by atoms with Gasteiger partial charge in [-0.25, -0.2) is 4.68 Å². The van der Waals surface area contributed by atoms with Gasteiger partial charge in [0.1, 0.15) is 17.6 Å². The summed E-state index contributed by atoms with van der Waals surface area (Å²) in [5.41, 5.74) is 4.06. The molecule has 6 nitrogen and oxygen atoms in total. The first-order valence-corrected chi connectivity index (χ1v) is 10.1. The summed E-state index contributed by atoms with van der Waals surface area (Å²) in [5.74, 6) is 2.87. The smallest absolute Gasteiger partial charge is 0.226 e. The number of allylic oxidation sites excluding steroid dienone is 2. The highest BCUT2D eigenvalue weighted by molar-refractivity contribution is 6.00. The largest absolute Gasteiger partial charge is 0.469 e. The van der Waals surface area contributed by atoms with Gasteiger partial charge in [-0.3, -0.25) is 4.79 Å². The number of nitrogens with zero attached hydrogens (tertiary/aromatic N) is 3. The van der Waals surface area contributed by atoms with Crippen LogP contribution in [0.15, 0.2) is 58.3 Å². The molecule has 1 aliphatic heterocycles. The van der Waals surface area contributed by atoms with Gasteiger partial charge in [-0.05, 0) is 42.5 Å². The highest BCUT2D eigenvalue weighted by Crippen LogP contribution is 2.44. The second kappa shape index (κ2) is 6.72. The number of Topliss-reactive ketones (excluding diaryl/α,β-unsaturated/α-hetero) is 1. The lowest BCUT2D eigenvalue weighted by Crippen LogP contribution is -2.33. The van der Waals surface area contributed by atoms with Crippen molar-refractivity contribution in [3.05, 3.63) is 76.6 Å². The van der Waals surface area contributed by atoms with Gasteiger partial charge in [-0.15, -0.1) is 0 Å². The van der Waals surface area contributed by atoms with Gasteiger partial charge in [0.2, 0.25) is 5.95 Å². The number of aryl methyl sites for hydroxylation is 1. The lowest BCUT2D eigenvalue weighted by molar-refractivity contribution is -0.117. The summed E-state index contributed by atoms with van der Waals surface area (Å²) in [6.07, 6.45) is 2.83. The highest BCUT2D eigenvalue weighted by Gasteiger charge is 2.40. The first-order chi connectivity index (χ1) is 14.0. The topological polar surface area (TPSA) is 73.0 Å². The van der Waals surface area contributed by atoms with E-state index in [9.17, 15) is 4.79 Å². The zero-order chi connectivity index (χ0) is 20.1. The minimum atomic E-state index is -0.256. The van der Waals surface area contributed by atoms with Crippen LogP contribution in [0, 0.1) is 6.92 Å². The molecule has 0 unspecified atom stereocenters. The fourth-order valence-corrected chi connectivity index (χ4v) is 4.41. The van der Waals surface area contributed by atoms with Crippen LogP contribution in [0.1, 0.15) is 67.3 Å². The first-order valence-electron chi connectivity index (χ1n) is 10.1. The number of carbonyl (C=O) groups is 1. The molecule has 148 valence electrons. The third-order valence-corrected chi connectivity index (χ3v) is 5.89. The van der Waals surface area contributed by atoms with Crippen LogP contribution in [0.4, 0.5) is 5.95 Å². The molecule has 0 saturated heterocycles. The van der Waals surface area contributed by atoms with Crippen molar-refractivity contribution in [2.75, 3.05) is 5.32 Å². The Labute approximate surface area is 169 Å². The van der Waals surface area contributed by atoms with Crippen molar-refractivity contribution in [2.45, 2.75) is 51.5 Å². The zero-order valence-corrected chi connectivity index (χ0v) is 16.8. The molecular weight excluding hydrogens is 364 g/mol. The second-order valence-corrected chi connectivity index (χ2v) is 8.21. The van der Waals surface area contributed by atoms with Crippen LogP contribution in [-0.4, -0.2) is 20.5 Å². The van der Waals surface area contributed by atoms with E-state index >= 15 is 0 Å². The molecule has 3 aromatic rings. The first kappa shape index (κ1) is 17.9. The minimum Gasteiger partial charge on any atom is -0.469 e. The Morgan fingerprint density at radius 2 is 1.97 bits per heavy atom. The van der Waals surface area contributed by atoms with Crippen molar-refractivity contribution in [2.24, 2.45) is 0 Å². The van der Waals surface area contributed by atoms with Crippen molar-refractivity contribution in [1.82, 2.24) is 14.8 Å². The molecule has 0 bridgehead atoms. The second-order valence-electron chi connectivity index (χ2n) is 8.21. The van der Waals surface area contributed by atoms with Gasteiger partial charge in [-0.1, -0.05) is 38.1 Å². The van der Waals surface area contributed by atoms with E-state index < -0.39 is 0 Å². The average Bonchev–Trinajstić information content (AvgIpc) is 3.35. The zero-order valence-electron chi connectivity index (χ0n) is 16.8. The molecule has 0 spiro atoms. The molecule has 6 heteroatoms. The quantitative estimate of drug-likeness (QED) is 0.703. The number of aromatic nitrogens is 3. The number of hydrogen-bond acceptors (Lipinski definition) is 5. The number of fused-ring (bicyclic) bond motifs is 1. The van der Waals surface area contributed by atoms with Crippen molar-refractivity contribution >= 4 is 11.7 Å². The Morgan fingerprint density at radius 1 is 1.17 bits per heavy atom. The van der Waals surface area contributed by atoms with Crippen LogP contribution in [0.5, 0.6) is 0 Å². The molecule has 1 N–H and O–H groups in total. The van der Waals surface area contributed by atoms with E-state index in [0.717, 1.165) is 29.0 Å². The molecule has 2 aromatic heterocycles. The maximum atomic E-state index is 13.3. The summed E-state index contributed by atoms with van der Waals surface area (Å²) in [7, 11) is 0. The molecule has 3 heterocycles. The monoisotopic (exact) mass is 388 g/mol. The van der Waals surface area contributed by atoms with Crippen LogP contribution in [0.25, 0.3) is 0 Å². The molecule has 0 radical (unpaired) electrons. The number of rotatable bonds is 3. The van der Waals surface area contributed by atoms with Gasteiger partial charge in [0, 0.05) is 23.6 Å². The number of furan rings is 1. The van der Waals surface area contributed by atoms with Crippen LogP contribution >= 0.6 is 0 Å². The van der Waals surface area contributed by atoms with Crippen LogP contribution in [0.2, 0.25) is 0 Å². The number of hydrogen-bond donors (Lipinski definition) is 1. The van der Waals surface area contributed by atoms with Crippen molar-refractivity contribution in [3.63, 3.8) is 0 Å². The van der Waals surface area contributed by atoms with Gasteiger partial charge in [0.15, 0.2) is 5.78 Å². The molecule has 1 aliphatic carbocycles. The predicted octanol–water partition coefficient (Wildman–Crippen LogP) is 4.72. The molecule has 0 saturated carbocycles. The van der Waals surface area contributed by atoms with Gasteiger partial charge < -0.3 is 9.73 Å². The van der Waals surface area contributed by atoms with Gasteiger partial charge in [0.25, 0.3) is 0 Å². The van der Waals surface area contributed by atoms with Crippen LogP contribution in [-0.2, 0) is 4.79 Å². The van der Waals surface area contributed by atoms with Crippen molar-refractivity contribution < 1.29 is 9.21 Å². The van der Waals surface area contributed by atoms with Gasteiger partial charge in [0.05, 0.1) is 6.26 Å². The lowest BCUT2D eigenvalue weighted by atomic mass is 9.79. The maximum Gasteiger partial charge on any atom is 0.226 e. The Hall–Kier alpha value is -3.15. The molecule has 2 aliphatic rings. The normalized spacial score (nSPS) is 21.2. The maximum absolute atomic E-state index is 13.3. The van der Waals surface area contributed by atoms with E-state index in [4.69, 9.17) is 4.42 Å². The number of benzene rings is 1. The van der Waals surface area contributed by atoms with E-state index in [2.05, 4.69) is 53.5 Å². The Kier molecular flexibility index (Phi) is 4.15. The SMILES string of the molecule is Cc1nc2n(n1)[C@@H](c1ccc(C(C)C)cc1)C1=C(C[C@@H](c3ccco3)CC1=O)N2. The molecule has 5 rings (SSSR count). The van der Waals surface area contributed by atoms with Gasteiger partial charge >= 0.3 is 0 Å². The van der Waals surface area contributed by atoms with Crippen molar-refractivity contribution in [3.8, 4) is 0 Å². The van der Waals surface area contributed by atoms with Crippen LogP contribution < -0.4 is 5.32 Å². The summed E-state index contributed by atoms with van der Waals surface area (Å²) in [5, 5.41) is 7.98.